The van der Waals surface area contributed by atoms with Gasteiger partial charge in [-0.2, -0.15) is 26.8 Å². The van der Waals surface area contributed by atoms with Crippen LogP contribution in [0.2, 0.25) is 0 Å². The monoisotopic (exact) mass is 304 g/mol. The number of carboxylic acid groups (broad SMARTS) is 1. The van der Waals surface area contributed by atoms with E-state index in [9.17, 15) is 36.1 Å². The van der Waals surface area contributed by atoms with E-state index >= 15 is 0 Å². The van der Waals surface area contributed by atoms with E-state index in [1.54, 1.807) is 0 Å². The van der Waals surface area contributed by atoms with Crippen molar-refractivity contribution < 1.29 is 75.6 Å². The van der Waals surface area contributed by atoms with Gasteiger partial charge in [0.05, 0.1) is 0 Å². The van der Waals surface area contributed by atoms with Gasteiger partial charge in [-0.3, -0.25) is 0 Å². The van der Waals surface area contributed by atoms with Crippen molar-refractivity contribution in [2.75, 3.05) is 0 Å². The van der Waals surface area contributed by atoms with Crippen LogP contribution in [0.5, 0.6) is 0 Å². The molecule has 6 nitrogen and oxygen atoms in total. The van der Waals surface area contributed by atoms with Gasteiger partial charge in [0.25, 0.3) is 0 Å². The van der Waals surface area contributed by atoms with Crippen molar-refractivity contribution in [1.82, 2.24) is 0 Å². The molecule has 14 heteroatoms. The normalized spacial score (nSPS) is 11.9. The summed E-state index contributed by atoms with van der Waals surface area (Å²) >= 11 is 0. The van der Waals surface area contributed by atoms with Crippen molar-refractivity contribution in [2.24, 2.45) is 0 Å². The molecule has 0 aromatic heterocycles. The Kier molecular flexibility index (Phi) is 8.67. The number of halogens is 6. The molecule has 0 unspecified atom stereocenters. The zero-order valence-corrected chi connectivity index (χ0v) is 9.49. The number of hydrogen-bond acceptors (Lipinski definition) is 5. The third kappa shape index (κ3) is 7.44. The van der Waals surface area contributed by atoms with Gasteiger partial charge >= 0.3 is 50.4 Å². The predicted molar refractivity (Wildman–Crippen MR) is 44.0 cm³/mol. The Balaban J connectivity index is -0.00000162. The van der Waals surface area contributed by atoms with Crippen LogP contribution in [0.25, 0.3) is 0 Å². The third-order valence-electron chi connectivity index (χ3n) is 1.22. The van der Waals surface area contributed by atoms with Crippen LogP contribution >= 0.6 is 0 Å². The topological polar surface area (TPSA) is 82.1 Å². The number of carboxylic acids is 1. The van der Waals surface area contributed by atoms with Gasteiger partial charge in [-0.1, -0.05) is 4.53 Å². The molecule has 0 heterocycles. The van der Waals surface area contributed by atoms with Crippen LogP contribution < -0.4 is 18.9 Å². The Labute approximate surface area is 120 Å². The molecule has 0 atom stereocenters. The predicted octanol–water partition coefficient (Wildman–Crippen LogP) is -1.66. The summed E-state index contributed by atoms with van der Waals surface area (Å²) < 4.78 is 77.2. The summed E-state index contributed by atoms with van der Waals surface area (Å²) in [7, 11) is -3.33. The van der Waals surface area contributed by atoms with Crippen LogP contribution in [0.4, 0.5) is 26.5 Å². The Bertz CT molecular complexity index is 379. The fourth-order valence-electron chi connectivity index (χ4n) is 0.522. The van der Waals surface area contributed by atoms with Crippen molar-refractivity contribution in [2.45, 2.75) is 12.3 Å². The average Bonchev–Trinajstić information content (AvgIpc) is 2.23. The third-order valence-corrected chi connectivity index (χ3v) is 1.22. The van der Waals surface area contributed by atoms with Crippen LogP contribution in [0.15, 0.2) is 12.2 Å². The van der Waals surface area contributed by atoms with E-state index in [4.69, 9.17) is 5.11 Å². The van der Waals surface area contributed by atoms with E-state index in [1.807, 2.05) is 0 Å². The van der Waals surface area contributed by atoms with Gasteiger partial charge in [-0.05, 0) is 0 Å². The SMILES string of the molecule is O=C(O)/C=C\C(=O)OB(OF)OC(F)(F)C(F)(F)F.[H-].[Li+]. The maximum Gasteiger partial charge on any atom is 1.00 e. The molecule has 0 saturated carbocycles. The Morgan fingerprint density at radius 1 is 1.15 bits per heavy atom. The smallest absolute Gasteiger partial charge is 1.00 e. The zero-order chi connectivity index (χ0) is 15.3. The first-order chi connectivity index (χ1) is 8.49. The second-order valence-electron chi connectivity index (χ2n) is 2.62. The van der Waals surface area contributed by atoms with E-state index < -0.39 is 31.5 Å². The van der Waals surface area contributed by atoms with Crippen LogP contribution in [0.1, 0.15) is 1.43 Å². The summed E-state index contributed by atoms with van der Waals surface area (Å²) in [6.45, 7) is 0. The first-order valence-electron chi connectivity index (χ1n) is 4.01. The molecule has 0 aromatic rings. The van der Waals surface area contributed by atoms with E-state index in [0.717, 1.165) is 0 Å². The molecule has 110 valence electrons. The second kappa shape index (κ2) is 8.20. The van der Waals surface area contributed by atoms with Crippen molar-refractivity contribution >= 4 is 19.3 Å². The molecular weight excluding hydrogens is 300 g/mol. The number of alkyl halides is 5. The molecule has 0 aliphatic heterocycles. The Morgan fingerprint density at radius 2 is 1.65 bits per heavy atom. The first-order valence-corrected chi connectivity index (χ1v) is 4.01. The number of aliphatic carboxylic acids is 1. The quantitative estimate of drug-likeness (QED) is 0.359. The molecule has 0 radical (unpaired) electrons. The van der Waals surface area contributed by atoms with Crippen LogP contribution in [-0.2, 0) is 23.8 Å². The summed E-state index contributed by atoms with van der Waals surface area (Å²) in [4.78, 5) is 23.0. The summed E-state index contributed by atoms with van der Waals surface area (Å²) in [6.07, 6.45) is -11.8. The molecule has 20 heavy (non-hydrogen) atoms. The van der Waals surface area contributed by atoms with Crippen molar-refractivity contribution in [1.29, 1.82) is 0 Å². The minimum Gasteiger partial charge on any atom is -1.00 e. The molecule has 0 amide bonds. The fraction of sp³-hybridized carbons (Fsp3) is 0.333. The minimum atomic E-state index is -6.20. The number of carbonyl (C=O) groups is 2. The van der Waals surface area contributed by atoms with Gasteiger partial charge in [0.2, 0.25) is 0 Å². The van der Waals surface area contributed by atoms with Gasteiger partial charge in [-0.15, -0.1) is 0 Å². The summed E-state index contributed by atoms with van der Waals surface area (Å²) in [6, 6.07) is 0. The minimum absolute atomic E-state index is 0. The Hall–Kier alpha value is -1.16. The number of rotatable bonds is 6. The number of carbonyl (C=O) groups excluding carboxylic acids is 1. The van der Waals surface area contributed by atoms with Gasteiger partial charge in [0.1, 0.15) is 0 Å². The standard InChI is InChI=1S/C6H3BF6O6.Li.H/c8-5(9,10)6(11,12)18-7(19-13)17-4(16)2-1-3(14)15;;/h1-2H,(H,14,15);;/q;+1;-1/b2-1-;;. The van der Waals surface area contributed by atoms with E-state index in [2.05, 4.69) is 14.2 Å². The molecule has 0 aliphatic rings. The first kappa shape index (κ1) is 21.1. The molecule has 0 fully saturated rings. The molecule has 0 spiro atoms. The number of hydrogen-bond donors (Lipinski definition) is 1. The van der Waals surface area contributed by atoms with Gasteiger partial charge < -0.3 is 15.8 Å². The van der Waals surface area contributed by atoms with E-state index in [-0.39, 0.29) is 32.4 Å². The molecule has 0 aromatic carbocycles. The molecule has 0 saturated heterocycles. The molecule has 1 N–H and O–H groups in total. The van der Waals surface area contributed by atoms with E-state index in [0.29, 0.717) is 0 Å². The summed E-state index contributed by atoms with van der Waals surface area (Å²) in [5.41, 5.74) is 0. The van der Waals surface area contributed by atoms with Crippen molar-refractivity contribution in [3.8, 4) is 0 Å². The maximum absolute atomic E-state index is 12.2. The molecule has 0 rings (SSSR count). The largest absolute Gasteiger partial charge is 1.00 e. The Morgan fingerprint density at radius 3 is 2.00 bits per heavy atom. The van der Waals surface area contributed by atoms with Crippen molar-refractivity contribution in [3.05, 3.63) is 12.2 Å². The van der Waals surface area contributed by atoms with Gasteiger partial charge in [0, 0.05) is 12.2 Å². The molecular formula is C6H4BF6LiO6. The summed E-state index contributed by atoms with van der Waals surface area (Å²) in [5.74, 6) is -3.45. The van der Waals surface area contributed by atoms with Crippen molar-refractivity contribution in [3.63, 3.8) is 0 Å². The molecule has 0 bridgehead atoms. The van der Waals surface area contributed by atoms with E-state index in [1.165, 1.54) is 0 Å². The maximum atomic E-state index is 12.2. The van der Waals surface area contributed by atoms with Crippen LogP contribution in [0, 0.1) is 0 Å². The summed E-state index contributed by atoms with van der Waals surface area (Å²) in [5, 5.41) is 8.05. The van der Waals surface area contributed by atoms with Gasteiger partial charge in [-0.25, -0.2) is 9.59 Å². The fourth-order valence-corrected chi connectivity index (χ4v) is 0.522. The van der Waals surface area contributed by atoms with Crippen LogP contribution in [-0.4, -0.2) is 36.7 Å². The van der Waals surface area contributed by atoms with Gasteiger partial charge in [0.15, 0.2) is 0 Å². The average molecular weight is 304 g/mol. The molecule has 0 aliphatic carbocycles. The van der Waals surface area contributed by atoms with Crippen LogP contribution in [0.3, 0.4) is 0 Å². The zero-order valence-electron chi connectivity index (χ0n) is 10.5. The second-order valence-corrected chi connectivity index (χ2v) is 2.62.